The molecule has 0 saturated carbocycles. The third-order valence-electron chi connectivity index (χ3n) is 4.65. The Bertz CT molecular complexity index is 1230. The molecule has 0 radical (unpaired) electrons. The van der Waals surface area contributed by atoms with E-state index in [1.807, 2.05) is 50.2 Å². The number of fused-ring (bicyclic) bond motifs is 1. The third-order valence-corrected chi connectivity index (χ3v) is 5.57. The van der Waals surface area contributed by atoms with E-state index in [-0.39, 0.29) is 5.56 Å². The second-order valence-electron chi connectivity index (χ2n) is 6.99. The molecule has 4 rings (SSSR count). The molecular weight excluding hydrogens is 384 g/mol. The van der Waals surface area contributed by atoms with E-state index < -0.39 is 0 Å². The minimum absolute atomic E-state index is 0.0812. The van der Waals surface area contributed by atoms with Gasteiger partial charge in [-0.15, -0.1) is 0 Å². The molecule has 0 unspecified atom stereocenters. The van der Waals surface area contributed by atoms with E-state index in [4.69, 9.17) is 9.51 Å². The van der Waals surface area contributed by atoms with Gasteiger partial charge in [-0.25, -0.2) is 4.98 Å². The number of nitrogens with zero attached hydrogens (tertiary/aromatic N) is 4. The van der Waals surface area contributed by atoms with Crippen molar-refractivity contribution in [3.8, 4) is 5.69 Å². The van der Waals surface area contributed by atoms with Gasteiger partial charge in [-0.2, -0.15) is 4.98 Å². The van der Waals surface area contributed by atoms with Gasteiger partial charge in [0.1, 0.15) is 0 Å². The van der Waals surface area contributed by atoms with Gasteiger partial charge in [0.15, 0.2) is 11.0 Å². The maximum absolute atomic E-state index is 13.3. The minimum Gasteiger partial charge on any atom is -0.338 e. The van der Waals surface area contributed by atoms with Crippen LogP contribution in [0.3, 0.4) is 0 Å². The Morgan fingerprint density at radius 3 is 2.72 bits per heavy atom. The van der Waals surface area contributed by atoms with Crippen LogP contribution in [0.2, 0.25) is 0 Å². The zero-order valence-corrected chi connectivity index (χ0v) is 17.5. The van der Waals surface area contributed by atoms with Crippen LogP contribution in [-0.4, -0.2) is 19.7 Å². The fourth-order valence-corrected chi connectivity index (χ4v) is 4.12. The number of thioether (sulfide) groups is 1. The Balaban J connectivity index is 1.79. The fraction of sp³-hybridized carbons (Fsp3) is 0.273. The first-order valence-electron chi connectivity index (χ1n) is 9.60. The van der Waals surface area contributed by atoms with Gasteiger partial charge in [0.25, 0.3) is 5.56 Å². The molecule has 0 spiro atoms. The van der Waals surface area contributed by atoms with Crippen LogP contribution in [0, 0.1) is 13.8 Å². The Morgan fingerprint density at radius 1 is 1.10 bits per heavy atom. The van der Waals surface area contributed by atoms with Gasteiger partial charge in [0.05, 0.1) is 22.3 Å². The van der Waals surface area contributed by atoms with Crippen molar-refractivity contribution in [2.24, 2.45) is 0 Å². The molecule has 4 aromatic rings. The van der Waals surface area contributed by atoms with E-state index in [2.05, 4.69) is 23.1 Å². The molecule has 0 N–H and O–H groups in total. The Kier molecular flexibility index (Phi) is 5.49. The first kappa shape index (κ1) is 19.4. The van der Waals surface area contributed by atoms with Gasteiger partial charge < -0.3 is 4.52 Å². The van der Waals surface area contributed by atoms with Crippen LogP contribution in [-0.2, 0) is 12.2 Å². The van der Waals surface area contributed by atoms with Gasteiger partial charge >= 0.3 is 0 Å². The van der Waals surface area contributed by atoms with Crippen LogP contribution >= 0.6 is 11.8 Å². The first-order chi connectivity index (χ1) is 14.1. The molecule has 0 fully saturated rings. The van der Waals surface area contributed by atoms with E-state index in [1.54, 1.807) is 4.57 Å². The zero-order chi connectivity index (χ0) is 20.4. The Morgan fingerprint density at radius 2 is 1.93 bits per heavy atom. The molecule has 7 heteroatoms. The highest BCUT2D eigenvalue weighted by Crippen LogP contribution is 2.26. The summed E-state index contributed by atoms with van der Waals surface area (Å²) in [7, 11) is 0. The number of hydrogen-bond acceptors (Lipinski definition) is 6. The molecule has 2 aromatic carbocycles. The van der Waals surface area contributed by atoms with Gasteiger partial charge in [0.2, 0.25) is 5.89 Å². The van der Waals surface area contributed by atoms with E-state index in [9.17, 15) is 4.79 Å². The average molecular weight is 407 g/mol. The lowest BCUT2D eigenvalue weighted by Crippen LogP contribution is -2.22. The van der Waals surface area contributed by atoms with Crippen molar-refractivity contribution in [3.63, 3.8) is 0 Å². The van der Waals surface area contributed by atoms with Crippen LogP contribution in [0.25, 0.3) is 16.6 Å². The SMILES string of the molecule is CCCc1noc(CSc2nc3ccccc3c(=O)n2-c2ccc(C)cc2C)n1. The van der Waals surface area contributed by atoms with Crippen LogP contribution in [0.1, 0.15) is 36.2 Å². The summed E-state index contributed by atoms with van der Waals surface area (Å²) in [6.07, 6.45) is 1.75. The van der Waals surface area contributed by atoms with Crippen LogP contribution in [0.4, 0.5) is 0 Å². The van der Waals surface area contributed by atoms with Crippen molar-refractivity contribution in [2.75, 3.05) is 0 Å². The monoisotopic (exact) mass is 406 g/mol. The highest BCUT2D eigenvalue weighted by molar-refractivity contribution is 7.98. The number of rotatable bonds is 6. The Labute approximate surface area is 173 Å². The predicted molar refractivity (Wildman–Crippen MR) is 115 cm³/mol. The second kappa shape index (κ2) is 8.21. The van der Waals surface area contributed by atoms with Crippen LogP contribution < -0.4 is 5.56 Å². The normalized spacial score (nSPS) is 11.3. The summed E-state index contributed by atoms with van der Waals surface area (Å²) in [5.41, 5.74) is 3.60. The van der Waals surface area contributed by atoms with E-state index in [1.165, 1.54) is 11.8 Å². The van der Waals surface area contributed by atoms with Gasteiger partial charge in [0, 0.05) is 6.42 Å². The molecule has 0 atom stereocenters. The van der Waals surface area contributed by atoms with Crippen molar-refractivity contribution in [1.82, 2.24) is 19.7 Å². The van der Waals surface area contributed by atoms with Crippen molar-refractivity contribution < 1.29 is 4.52 Å². The summed E-state index contributed by atoms with van der Waals surface area (Å²) >= 11 is 1.42. The number of aromatic nitrogens is 4. The molecule has 29 heavy (non-hydrogen) atoms. The predicted octanol–water partition coefficient (Wildman–Crippen LogP) is 4.63. The van der Waals surface area contributed by atoms with E-state index in [0.29, 0.717) is 33.5 Å². The zero-order valence-electron chi connectivity index (χ0n) is 16.7. The summed E-state index contributed by atoms with van der Waals surface area (Å²) < 4.78 is 7.03. The molecule has 0 amide bonds. The topological polar surface area (TPSA) is 73.8 Å². The van der Waals surface area contributed by atoms with E-state index in [0.717, 1.165) is 29.7 Å². The molecule has 0 aliphatic heterocycles. The van der Waals surface area contributed by atoms with Gasteiger partial charge in [-0.3, -0.25) is 9.36 Å². The minimum atomic E-state index is -0.0812. The molecule has 6 nitrogen and oxygen atoms in total. The summed E-state index contributed by atoms with van der Waals surface area (Å²) in [6.45, 7) is 6.12. The maximum atomic E-state index is 13.3. The Hall–Kier alpha value is -2.93. The quantitative estimate of drug-likeness (QED) is 0.343. The summed E-state index contributed by atoms with van der Waals surface area (Å²) in [4.78, 5) is 22.5. The smallest absolute Gasteiger partial charge is 0.266 e. The highest BCUT2D eigenvalue weighted by atomic mass is 32.2. The highest BCUT2D eigenvalue weighted by Gasteiger charge is 2.16. The number of para-hydroxylation sites is 1. The number of benzene rings is 2. The van der Waals surface area contributed by atoms with Gasteiger partial charge in [-0.05, 0) is 44.0 Å². The molecule has 0 aliphatic rings. The summed E-state index contributed by atoms with van der Waals surface area (Å²) in [5.74, 6) is 1.70. The number of hydrogen-bond donors (Lipinski definition) is 0. The summed E-state index contributed by atoms with van der Waals surface area (Å²) in [5, 5.41) is 5.21. The molecular formula is C22H22N4O2S. The summed E-state index contributed by atoms with van der Waals surface area (Å²) in [6, 6.07) is 13.5. The van der Waals surface area contributed by atoms with Crippen molar-refractivity contribution in [1.29, 1.82) is 0 Å². The molecule has 0 saturated heterocycles. The van der Waals surface area contributed by atoms with Crippen molar-refractivity contribution >= 4 is 22.7 Å². The maximum Gasteiger partial charge on any atom is 0.266 e. The largest absolute Gasteiger partial charge is 0.338 e. The molecule has 2 aromatic heterocycles. The first-order valence-corrected chi connectivity index (χ1v) is 10.6. The van der Waals surface area contributed by atoms with Crippen molar-refractivity contribution in [2.45, 2.75) is 44.5 Å². The van der Waals surface area contributed by atoms with Crippen molar-refractivity contribution in [3.05, 3.63) is 75.7 Å². The lowest BCUT2D eigenvalue weighted by molar-refractivity contribution is 0.384. The van der Waals surface area contributed by atoms with Gasteiger partial charge in [-0.1, -0.05) is 53.7 Å². The number of aryl methyl sites for hydroxylation is 3. The molecule has 0 bridgehead atoms. The third kappa shape index (κ3) is 3.96. The lowest BCUT2D eigenvalue weighted by atomic mass is 10.1. The molecule has 148 valence electrons. The van der Waals surface area contributed by atoms with Crippen LogP contribution in [0.5, 0.6) is 0 Å². The molecule has 0 aliphatic carbocycles. The molecule has 2 heterocycles. The standard InChI is InChI=1S/C22H22N4O2S/c1-4-7-19-24-20(28-25-19)13-29-22-23-17-9-6-5-8-16(17)21(27)26(22)18-11-10-14(2)12-15(18)3/h5-6,8-12H,4,7,13H2,1-3H3. The van der Waals surface area contributed by atoms with E-state index >= 15 is 0 Å². The fourth-order valence-electron chi connectivity index (χ4n) is 3.28. The average Bonchev–Trinajstić information content (AvgIpc) is 3.15. The second-order valence-corrected chi connectivity index (χ2v) is 7.93. The van der Waals surface area contributed by atoms with Crippen LogP contribution in [0.15, 0.2) is 56.9 Å². The lowest BCUT2D eigenvalue weighted by Gasteiger charge is -2.15.